The second-order valence-corrected chi connectivity index (χ2v) is 7.41. The first-order chi connectivity index (χ1) is 16.0. The van der Waals surface area contributed by atoms with Crippen LogP contribution in [0, 0.1) is 6.92 Å². The molecule has 0 aliphatic rings. The summed E-state index contributed by atoms with van der Waals surface area (Å²) in [6.07, 6.45) is -3.39. The van der Waals surface area contributed by atoms with Gasteiger partial charge in [-0.1, -0.05) is 11.2 Å². The van der Waals surface area contributed by atoms with Crippen LogP contribution in [0.5, 0.6) is 0 Å². The second kappa shape index (κ2) is 9.87. The third kappa shape index (κ3) is 5.49. The number of rotatable bonds is 7. The van der Waals surface area contributed by atoms with Crippen LogP contribution >= 0.6 is 0 Å². The number of nitrogen functional groups attached to an aromatic ring is 1. The number of hydrogen-bond acceptors (Lipinski definition) is 8. The van der Waals surface area contributed by atoms with E-state index in [4.69, 9.17) is 10.3 Å². The van der Waals surface area contributed by atoms with Crippen LogP contribution in [0.1, 0.15) is 56.4 Å². The smallest absolute Gasteiger partial charge is 0.383 e. The Kier molecular flexibility index (Phi) is 7.15. The zero-order valence-corrected chi connectivity index (χ0v) is 18.4. The lowest BCUT2D eigenvalue weighted by atomic mass is 10.1. The Morgan fingerprint density at radius 2 is 1.91 bits per heavy atom. The third-order valence-corrected chi connectivity index (χ3v) is 4.89. The Balaban J connectivity index is 1.71. The van der Waals surface area contributed by atoms with Gasteiger partial charge in [0.1, 0.15) is 23.5 Å². The fourth-order valence-electron chi connectivity index (χ4n) is 3.11. The monoisotopic (exact) mass is 477 g/mol. The van der Waals surface area contributed by atoms with Gasteiger partial charge in [-0.15, -0.1) is 0 Å². The van der Waals surface area contributed by atoms with Crippen molar-refractivity contribution >= 4 is 23.3 Å². The molecule has 180 valence electrons. The van der Waals surface area contributed by atoms with Crippen LogP contribution in [0.3, 0.4) is 0 Å². The number of benzene rings is 1. The molecule has 0 bridgehead atoms. The van der Waals surface area contributed by atoms with E-state index in [2.05, 4.69) is 31.1 Å². The summed E-state index contributed by atoms with van der Waals surface area (Å²) in [6.45, 7) is 3.20. The summed E-state index contributed by atoms with van der Waals surface area (Å²) in [5.41, 5.74) is 5.66. The van der Waals surface area contributed by atoms with E-state index < -0.39 is 29.6 Å². The van der Waals surface area contributed by atoms with Crippen molar-refractivity contribution in [3.05, 3.63) is 64.4 Å². The lowest BCUT2D eigenvalue weighted by Crippen LogP contribution is -2.30. The Labute approximate surface area is 192 Å². The van der Waals surface area contributed by atoms with Gasteiger partial charge >= 0.3 is 6.18 Å². The van der Waals surface area contributed by atoms with Gasteiger partial charge in [-0.2, -0.15) is 13.2 Å². The summed E-state index contributed by atoms with van der Waals surface area (Å²) >= 11 is 0. The minimum Gasteiger partial charge on any atom is -0.383 e. The number of anilines is 2. The van der Waals surface area contributed by atoms with E-state index in [0.29, 0.717) is 5.56 Å². The molecular formula is C21H22F3N7O3. The minimum atomic E-state index is -4.56. The lowest BCUT2D eigenvalue weighted by Gasteiger charge is -2.13. The zero-order valence-electron chi connectivity index (χ0n) is 18.4. The number of alkyl halides is 3. The normalized spacial score (nSPS) is 12.3. The number of amides is 2. The Morgan fingerprint density at radius 3 is 2.59 bits per heavy atom. The van der Waals surface area contributed by atoms with E-state index in [-0.39, 0.29) is 40.8 Å². The molecule has 0 radical (unpaired) electrons. The highest BCUT2D eigenvalue weighted by Gasteiger charge is 2.32. The van der Waals surface area contributed by atoms with Crippen molar-refractivity contribution in [2.24, 2.45) is 0 Å². The Bertz CT molecular complexity index is 1210. The zero-order chi connectivity index (χ0) is 25.0. The number of aromatic nitrogens is 3. The van der Waals surface area contributed by atoms with E-state index in [1.165, 1.54) is 31.5 Å². The van der Waals surface area contributed by atoms with Gasteiger partial charge in [0.2, 0.25) is 5.76 Å². The fourth-order valence-corrected chi connectivity index (χ4v) is 3.11. The Hall–Kier alpha value is -4.00. The second-order valence-electron chi connectivity index (χ2n) is 7.41. The van der Waals surface area contributed by atoms with Crippen LogP contribution in [0.2, 0.25) is 0 Å². The molecule has 0 spiro atoms. The van der Waals surface area contributed by atoms with Gasteiger partial charge in [0.15, 0.2) is 0 Å². The van der Waals surface area contributed by atoms with Crippen molar-refractivity contribution in [2.45, 2.75) is 32.6 Å². The molecule has 1 atom stereocenters. The molecule has 10 nitrogen and oxygen atoms in total. The van der Waals surface area contributed by atoms with E-state index in [1.807, 2.05) is 0 Å². The van der Waals surface area contributed by atoms with Gasteiger partial charge in [-0.05, 0) is 38.6 Å². The van der Waals surface area contributed by atoms with E-state index in [0.717, 1.165) is 6.07 Å². The molecule has 3 rings (SSSR count). The first-order valence-corrected chi connectivity index (χ1v) is 10.0. The SMILES string of the molecule is CNCc1c(N)ncnc1C(=O)N[C@H](C)c1cc(C(=O)Nc2ccc(C)c(C(F)(F)F)c2)on1. The molecule has 13 heteroatoms. The fraction of sp³-hybridized carbons (Fsp3) is 0.286. The molecule has 5 N–H and O–H groups in total. The van der Waals surface area contributed by atoms with Crippen LogP contribution in [0.25, 0.3) is 0 Å². The summed E-state index contributed by atoms with van der Waals surface area (Å²) < 4.78 is 44.3. The van der Waals surface area contributed by atoms with Gasteiger partial charge < -0.3 is 26.2 Å². The number of nitrogens with zero attached hydrogens (tertiary/aromatic N) is 3. The first kappa shape index (κ1) is 24.6. The maximum atomic E-state index is 13.1. The quantitative estimate of drug-likeness (QED) is 0.406. The van der Waals surface area contributed by atoms with Gasteiger partial charge in [0.05, 0.1) is 11.6 Å². The lowest BCUT2D eigenvalue weighted by molar-refractivity contribution is -0.138. The van der Waals surface area contributed by atoms with Gasteiger partial charge in [0, 0.05) is 23.9 Å². The summed E-state index contributed by atoms with van der Waals surface area (Å²) in [6, 6.07) is 4.03. The van der Waals surface area contributed by atoms with Crippen LogP contribution < -0.4 is 21.7 Å². The number of aryl methyl sites for hydroxylation is 1. The molecule has 0 aliphatic heterocycles. The van der Waals surface area contributed by atoms with Crippen molar-refractivity contribution < 1.29 is 27.3 Å². The predicted octanol–water partition coefficient (Wildman–Crippen LogP) is 2.84. The van der Waals surface area contributed by atoms with E-state index >= 15 is 0 Å². The molecule has 3 aromatic rings. The third-order valence-electron chi connectivity index (χ3n) is 4.89. The van der Waals surface area contributed by atoms with Crippen molar-refractivity contribution in [3.8, 4) is 0 Å². The van der Waals surface area contributed by atoms with Crippen LogP contribution in [0.4, 0.5) is 24.7 Å². The van der Waals surface area contributed by atoms with Crippen LogP contribution in [-0.2, 0) is 12.7 Å². The molecule has 0 unspecified atom stereocenters. The number of carbonyl (C=O) groups is 2. The number of carbonyl (C=O) groups excluding carboxylic acids is 2. The summed E-state index contributed by atoms with van der Waals surface area (Å²) in [5, 5.41) is 11.7. The van der Waals surface area contributed by atoms with Gasteiger partial charge in [0.25, 0.3) is 11.8 Å². The first-order valence-electron chi connectivity index (χ1n) is 10.0. The van der Waals surface area contributed by atoms with Gasteiger partial charge in [-0.3, -0.25) is 9.59 Å². The molecule has 0 saturated carbocycles. The molecule has 2 heterocycles. The number of halogens is 3. The molecule has 1 aromatic carbocycles. The highest BCUT2D eigenvalue weighted by atomic mass is 19.4. The molecule has 0 aliphatic carbocycles. The molecule has 0 saturated heterocycles. The number of hydrogen-bond donors (Lipinski definition) is 4. The Morgan fingerprint density at radius 1 is 1.18 bits per heavy atom. The number of nitrogens with two attached hydrogens (primary N) is 1. The van der Waals surface area contributed by atoms with Crippen molar-refractivity contribution in [1.82, 2.24) is 25.8 Å². The summed E-state index contributed by atoms with van der Waals surface area (Å²) in [5.74, 6) is -1.42. The predicted molar refractivity (Wildman–Crippen MR) is 116 cm³/mol. The average molecular weight is 477 g/mol. The topological polar surface area (TPSA) is 148 Å². The molecule has 0 fully saturated rings. The van der Waals surface area contributed by atoms with E-state index in [9.17, 15) is 22.8 Å². The molecule has 2 amide bonds. The molecule has 34 heavy (non-hydrogen) atoms. The summed E-state index contributed by atoms with van der Waals surface area (Å²) in [4.78, 5) is 33.0. The molecule has 2 aromatic heterocycles. The van der Waals surface area contributed by atoms with Crippen molar-refractivity contribution in [1.29, 1.82) is 0 Å². The standard InChI is InChI=1S/C21H22F3N7O3/c1-10-4-5-12(6-14(10)21(22,23)24)30-19(32)16-7-15(31-34-16)11(2)29-20(33)17-13(8-26-3)18(25)28-9-27-17/h4-7,9,11,26H,8H2,1-3H3,(H,29,33)(H,30,32)(H2,25,27,28)/t11-/m1/s1. The van der Waals surface area contributed by atoms with Gasteiger partial charge in [-0.25, -0.2) is 9.97 Å². The van der Waals surface area contributed by atoms with Crippen LogP contribution in [-0.4, -0.2) is 34.0 Å². The maximum absolute atomic E-state index is 13.1. The van der Waals surface area contributed by atoms with Crippen molar-refractivity contribution in [2.75, 3.05) is 18.1 Å². The van der Waals surface area contributed by atoms with Crippen LogP contribution in [0.15, 0.2) is 35.1 Å². The summed E-state index contributed by atoms with van der Waals surface area (Å²) in [7, 11) is 1.68. The van der Waals surface area contributed by atoms with Crippen molar-refractivity contribution in [3.63, 3.8) is 0 Å². The minimum absolute atomic E-state index is 0.0281. The average Bonchev–Trinajstić information content (AvgIpc) is 3.26. The largest absolute Gasteiger partial charge is 0.416 e. The van der Waals surface area contributed by atoms with E-state index in [1.54, 1.807) is 14.0 Å². The number of nitrogens with one attached hydrogen (secondary N) is 3. The molecular weight excluding hydrogens is 455 g/mol. The maximum Gasteiger partial charge on any atom is 0.416 e. The highest BCUT2D eigenvalue weighted by Crippen LogP contribution is 2.33. The highest BCUT2D eigenvalue weighted by molar-refractivity contribution is 6.02.